The second-order valence-electron chi connectivity index (χ2n) is 2.76. The van der Waals surface area contributed by atoms with Gasteiger partial charge in [0.15, 0.2) is 0 Å². The Morgan fingerprint density at radius 1 is 1.36 bits per heavy atom. The van der Waals surface area contributed by atoms with E-state index in [1.54, 1.807) is 6.08 Å². The third-order valence-corrected chi connectivity index (χ3v) is 2.02. The van der Waals surface area contributed by atoms with Crippen molar-refractivity contribution in [1.82, 2.24) is 0 Å². The molecule has 14 heavy (non-hydrogen) atoms. The lowest BCUT2D eigenvalue weighted by Gasteiger charge is -2.07. The van der Waals surface area contributed by atoms with Gasteiger partial charge in [0.1, 0.15) is 0 Å². The molecule has 1 nitrogen and oxygen atoms in total. The summed E-state index contributed by atoms with van der Waals surface area (Å²) >= 11 is 4.32. The first-order valence-corrected chi connectivity index (χ1v) is 4.72. The number of nitrogens with one attached hydrogen (secondary N) is 1. The fourth-order valence-electron chi connectivity index (χ4n) is 0.978. The second-order valence-corrected chi connectivity index (χ2v) is 3.24. The quantitative estimate of drug-likeness (QED) is 0.562. The molecule has 0 radical (unpaired) electrons. The van der Waals surface area contributed by atoms with E-state index in [1.165, 1.54) is 0 Å². The first kappa shape index (κ1) is 10.7. The summed E-state index contributed by atoms with van der Waals surface area (Å²) in [5.74, 6) is 0. The van der Waals surface area contributed by atoms with Crippen LogP contribution in [0.5, 0.6) is 0 Å². The van der Waals surface area contributed by atoms with E-state index in [0.29, 0.717) is 0 Å². The van der Waals surface area contributed by atoms with Crippen molar-refractivity contribution in [1.29, 1.82) is 0 Å². The molecule has 72 valence electrons. The Labute approximate surface area is 90.3 Å². The summed E-state index contributed by atoms with van der Waals surface area (Å²) in [6.07, 6.45) is 5.39. The molecule has 0 amide bonds. The molecule has 1 rings (SSSR count). The van der Waals surface area contributed by atoms with Crippen LogP contribution in [0.1, 0.15) is 0 Å². The normalized spacial score (nSPS) is 10.1. The predicted octanol–water partition coefficient (Wildman–Crippen LogP) is 3.64. The smallest absolute Gasteiger partial charge is 0.0519 e. The highest BCUT2D eigenvalue weighted by Crippen LogP contribution is 2.19. The third kappa shape index (κ3) is 3.15. The number of rotatable bonds is 4. The summed E-state index contributed by atoms with van der Waals surface area (Å²) in [4.78, 5) is 0.903. The van der Waals surface area contributed by atoms with E-state index in [9.17, 15) is 0 Å². The summed E-state index contributed by atoms with van der Waals surface area (Å²) in [5.41, 5.74) is 1.76. The maximum atomic E-state index is 4.32. The molecule has 0 aliphatic rings. The monoisotopic (exact) mass is 203 g/mol. The van der Waals surface area contributed by atoms with E-state index in [4.69, 9.17) is 0 Å². The molecule has 0 fully saturated rings. The number of thiol groups is 1. The summed E-state index contributed by atoms with van der Waals surface area (Å²) in [6, 6.07) is 7.77. The Morgan fingerprint density at radius 3 is 2.71 bits per heavy atom. The Morgan fingerprint density at radius 2 is 2.07 bits per heavy atom. The standard InChI is InChI=1S/C12H13NS/c1-3-4-7-10(2)13-11-8-5-6-9-12(11)14/h3-9,13-14H,1-2H2/b7-4-. The van der Waals surface area contributed by atoms with Gasteiger partial charge >= 0.3 is 0 Å². The number of benzene rings is 1. The number of hydrogen-bond donors (Lipinski definition) is 2. The molecule has 0 atom stereocenters. The zero-order valence-electron chi connectivity index (χ0n) is 7.90. The molecule has 0 aromatic heterocycles. The second kappa shape index (κ2) is 5.35. The van der Waals surface area contributed by atoms with Crippen molar-refractivity contribution in [3.05, 3.63) is 61.3 Å². The van der Waals surface area contributed by atoms with Crippen molar-refractivity contribution in [2.45, 2.75) is 4.90 Å². The van der Waals surface area contributed by atoms with E-state index in [0.717, 1.165) is 16.3 Å². The Hall–Kier alpha value is -1.41. The average Bonchev–Trinajstić information content (AvgIpc) is 2.18. The van der Waals surface area contributed by atoms with Gasteiger partial charge < -0.3 is 5.32 Å². The summed E-state index contributed by atoms with van der Waals surface area (Å²) in [6.45, 7) is 7.44. The van der Waals surface area contributed by atoms with E-state index in [1.807, 2.05) is 36.4 Å². The molecule has 0 saturated carbocycles. The van der Waals surface area contributed by atoms with Crippen molar-refractivity contribution >= 4 is 18.3 Å². The minimum atomic E-state index is 0.811. The van der Waals surface area contributed by atoms with Crippen LogP contribution in [0.25, 0.3) is 0 Å². The molecule has 0 unspecified atom stereocenters. The lowest BCUT2D eigenvalue weighted by atomic mass is 10.3. The van der Waals surface area contributed by atoms with Crippen LogP contribution in [-0.4, -0.2) is 0 Å². The lowest BCUT2D eigenvalue weighted by Crippen LogP contribution is -1.95. The Balaban J connectivity index is 2.69. The maximum absolute atomic E-state index is 4.32. The van der Waals surface area contributed by atoms with Gasteiger partial charge in [-0.15, -0.1) is 12.6 Å². The van der Waals surface area contributed by atoms with Crippen LogP contribution in [0.15, 0.2) is 66.2 Å². The SMILES string of the molecule is C=C/C=C\C(=C)Nc1ccccc1S. The van der Waals surface area contributed by atoms with E-state index >= 15 is 0 Å². The van der Waals surface area contributed by atoms with Gasteiger partial charge in [-0.2, -0.15) is 0 Å². The molecular weight excluding hydrogens is 190 g/mol. The zero-order valence-corrected chi connectivity index (χ0v) is 8.80. The summed E-state index contributed by atoms with van der Waals surface area (Å²) in [5, 5.41) is 3.14. The van der Waals surface area contributed by atoms with E-state index in [2.05, 4.69) is 31.1 Å². The van der Waals surface area contributed by atoms with Crippen molar-refractivity contribution in [2.75, 3.05) is 5.32 Å². The first-order valence-electron chi connectivity index (χ1n) is 4.27. The molecule has 0 saturated heterocycles. The van der Waals surface area contributed by atoms with Crippen LogP contribution < -0.4 is 5.32 Å². The van der Waals surface area contributed by atoms with Gasteiger partial charge in [-0.1, -0.05) is 37.4 Å². The predicted molar refractivity (Wildman–Crippen MR) is 65.8 cm³/mol. The number of hydrogen-bond acceptors (Lipinski definition) is 2. The van der Waals surface area contributed by atoms with Gasteiger partial charge in [-0.3, -0.25) is 0 Å². The van der Waals surface area contributed by atoms with Gasteiger partial charge in [0.2, 0.25) is 0 Å². The Kier molecular flexibility index (Phi) is 4.08. The fourth-order valence-corrected chi connectivity index (χ4v) is 1.19. The van der Waals surface area contributed by atoms with Crippen LogP contribution in [0, 0.1) is 0 Å². The van der Waals surface area contributed by atoms with E-state index < -0.39 is 0 Å². The van der Waals surface area contributed by atoms with Crippen LogP contribution in [0.3, 0.4) is 0 Å². The molecule has 2 heteroatoms. The largest absolute Gasteiger partial charge is 0.355 e. The van der Waals surface area contributed by atoms with Crippen LogP contribution in [0.4, 0.5) is 5.69 Å². The van der Waals surface area contributed by atoms with Crippen molar-refractivity contribution in [2.24, 2.45) is 0 Å². The molecule has 0 bridgehead atoms. The lowest BCUT2D eigenvalue weighted by molar-refractivity contribution is 1.39. The number of allylic oxidation sites excluding steroid dienone is 3. The fraction of sp³-hybridized carbons (Fsp3) is 0. The molecule has 1 aromatic rings. The molecule has 1 N–H and O–H groups in total. The number of para-hydroxylation sites is 1. The Bertz CT molecular complexity index is 366. The highest BCUT2D eigenvalue weighted by atomic mass is 32.1. The molecule has 0 aliphatic heterocycles. The van der Waals surface area contributed by atoms with Crippen molar-refractivity contribution in [3.8, 4) is 0 Å². The number of anilines is 1. The van der Waals surface area contributed by atoms with Gasteiger partial charge in [0, 0.05) is 10.6 Å². The minimum absolute atomic E-state index is 0.811. The summed E-state index contributed by atoms with van der Waals surface area (Å²) in [7, 11) is 0. The maximum Gasteiger partial charge on any atom is 0.0519 e. The van der Waals surface area contributed by atoms with Gasteiger partial charge in [-0.05, 0) is 18.2 Å². The molecule has 0 aliphatic carbocycles. The van der Waals surface area contributed by atoms with Crippen LogP contribution in [-0.2, 0) is 0 Å². The van der Waals surface area contributed by atoms with Crippen molar-refractivity contribution < 1.29 is 0 Å². The van der Waals surface area contributed by atoms with Crippen molar-refractivity contribution in [3.63, 3.8) is 0 Å². The highest BCUT2D eigenvalue weighted by molar-refractivity contribution is 7.80. The van der Waals surface area contributed by atoms with Gasteiger partial charge in [0.05, 0.1) is 5.69 Å². The van der Waals surface area contributed by atoms with E-state index in [-0.39, 0.29) is 0 Å². The molecule has 0 spiro atoms. The highest BCUT2D eigenvalue weighted by Gasteiger charge is 1.95. The van der Waals surface area contributed by atoms with Crippen LogP contribution in [0.2, 0.25) is 0 Å². The topological polar surface area (TPSA) is 12.0 Å². The zero-order chi connectivity index (χ0) is 10.4. The van der Waals surface area contributed by atoms with Gasteiger partial charge in [0.25, 0.3) is 0 Å². The summed E-state index contributed by atoms with van der Waals surface area (Å²) < 4.78 is 0. The average molecular weight is 203 g/mol. The minimum Gasteiger partial charge on any atom is -0.355 e. The third-order valence-electron chi connectivity index (χ3n) is 1.63. The molecular formula is C12H13NS. The van der Waals surface area contributed by atoms with Crippen LogP contribution >= 0.6 is 12.6 Å². The van der Waals surface area contributed by atoms with Gasteiger partial charge in [-0.25, -0.2) is 0 Å². The first-order chi connectivity index (χ1) is 6.74. The molecule has 0 heterocycles. The molecule has 1 aromatic carbocycles.